The normalized spacial score (nSPS) is 26.7. The molecule has 10 heteroatoms. The Balaban J connectivity index is 1.26. The van der Waals surface area contributed by atoms with Crippen LogP contribution in [0.4, 0.5) is 0 Å². The summed E-state index contributed by atoms with van der Waals surface area (Å²) in [6.45, 7) is 2.29. The summed E-state index contributed by atoms with van der Waals surface area (Å²) in [4.78, 5) is 37.5. The van der Waals surface area contributed by atoms with Crippen LogP contribution >= 0.6 is 0 Å². The lowest BCUT2D eigenvalue weighted by molar-refractivity contribution is -0.125. The first-order valence-corrected chi connectivity index (χ1v) is 15.3. The number of ether oxygens (including phenoxy) is 1. The third-order valence-electron chi connectivity index (χ3n) is 10.3. The van der Waals surface area contributed by atoms with Crippen molar-refractivity contribution in [3.63, 3.8) is 0 Å². The van der Waals surface area contributed by atoms with Gasteiger partial charge in [-0.1, -0.05) is 0 Å². The molecule has 4 aliphatic rings. The number of primary amides is 1. The van der Waals surface area contributed by atoms with Gasteiger partial charge >= 0.3 is 0 Å². The number of piperidine rings is 1. The van der Waals surface area contributed by atoms with E-state index in [2.05, 4.69) is 21.3 Å². The van der Waals surface area contributed by atoms with Crippen molar-refractivity contribution in [1.29, 1.82) is 0 Å². The molecule has 42 heavy (non-hydrogen) atoms. The van der Waals surface area contributed by atoms with Crippen LogP contribution < -0.4 is 16.2 Å². The van der Waals surface area contributed by atoms with Gasteiger partial charge in [0, 0.05) is 54.8 Å². The van der Waals surface area contributed by atoms with E-state index in [1.165, 1.54) is 12.8 Å². The number of methoxy groups -OCH3 is 1. The molecule has 1 aromatic carbocycles. The quantitative estimate of drug-likeness (QED) is 0.335. The summed E-state index contributed by atoms with van der Waals surface area (Å²) >= 11 is 0. The number of carbonyl (C=O) groups excluding carboxylic acids is 2. The van der Waals surface area contributed by atoms with Crippen LogP contribution in [0.3, 0.4) is 0 Å². The van der Waals surface area contributed by atoms with E-state index in [-0.39, 0.29) is 29.8 Å². The van der Waals surface area contributed by atoms with E-state index < -0.39 is 0 Å². The van der Waals surface area contributed by atoms with Gasteiger partial charge in [-0.15, -0.1) is 0 Å². The summed E-state index contributed by atoms with van der Waals surface area (Å²) in [5, 5.41) is 1.08. The van der Waals surface area contributed by atoms with Crippen LogP contribution in [0.25, 0.3) is 33.6 Å². The zero-order valence-electron chi connectivity index (χ0n) is 23.9. The topological polar surface area (TPSA) is 134 Å². The van der Waals surface area contributed by atoms with Gasteiger partial charge in [-0.3, -0.25) is 9.59 Å². The largest absolute Gasteiger partial charge is 0.494 e. The van der Waals surface area contributed by atoms with Crippen LogP contribution in [0.2, 0.25) is 0 Å². The molecule has 2 unspecified atom stereocenters. The van der Waals surface area contributed by atoms with E-state index in [4.69, 9.17) is 26.2 Å². The van der Waals surface area contributed by atoms with Crippen molar-refractivity contribution in [2.45, 2.75) is 63.7 Å². The van der Waals surface area contributed by atoms with Crippen LogP contribution in [-0.4, -0.2) is 61.6 Å². The smallest absolute Gasteiger partial charge is 0.254 e. The van der Waals surface area contributed by atoms with Crippen molar-refractivity contribution in [3.05, 3.63) is 42.1 Å². The second-order valence-electron chi connectivity index (χ2n) is 13.0. The van der Waals surface area contributed by atoms with E-state index in [9.17, 15) is 9.59 Å². The lowest BCUT2D eigenvalue weighted by Crippen LogP contribution is -2.41. The van der Waals surface area contributed by atoms with Crippen molar-refractivity contribution in [1.82, 2.24) is 24.0 Å². The molecule has 3 saturated carbocycles. The molecule has 2 amide bonds. The lowest BCUT2D eigenvalue weighted by Gasteiger charge is -2.33. The van der Waals surface area contributed by atoms with Gasteiger partial charge in [0.1, 0.15) is 16.9 Å². The number of nitrogens with two attached hydrogens (primary N) is 2. The molecule has 4 heterocycles. The highest BCUT2D eigenvalue weighted by Crippen LogP contribution is 2.42. The molecular formula is C32H37N7O3. The minimum Gasteiger partial charge on any atom is -0.494 e. The second-order valence-corrected chi connectivity index (χ2v) is 13.0. The van der Waals surface area contributed by atoms with Crippen molar-refractivity contribution in [3.8, 4) is 17.3 Å². The number of hydrogen-bond donors (Lipinski definition) is 2. The standard InChI is InChI=1S/C32H37N7O3/c1-42-26-13-22(32(41)38-16-20-6-7-24(38)27(20)33)11-23-28(26)39(15-18-9-21(10-18)29(34)40)31(36-23)25-12-19-3-2-8-35-30(19)37(25)14-17-4-5-17/h2-3,8,11-13,17-18,20-21,24,27H,4-7,9-10,14-16,33H2,1H3,(H2,34,40)/t18?,20?,21?,24?,27-/m1/s1. The van der Waals surface area contributed by atoms with Crippen molar-refractivity contribution >= 4 is 33.9 Å². The Bertz CT molecular complexity index is 1730. The number of amides is 2. The number of carbonyl (C=O) groups is 2. The summed E-state index contributed by atoms with van der Waals surface area (Å²) < 4.78 is 10.5. The molecule has 2 bridgehead atoms. The van der Waals surface area contributed by atoms with Gasteiger partial charge in [0.05, 0.1) is 18.3 Å². The lowest BCUT2D eigenvalue weighted by atomic mass is 9.74. The molecule has 218 valence electrons. The fourth-order valence-electron chi connectivity index (χ4n) is 7.72. The highest BCUT2D eigenvalue weighted by atomic mass is 16.5. The van der Waals surface area contributed by atoms with Gasteiger partial charge < -0.3 is 30.2 Å². The van der Waals surface area contributed by atoms with Crippen LogP contribution in [0.1, 0.15) is 48.9 Å². The summed E-state index contributed by atoms with van der Waals surface area (Å²) in [6, 6.07) is 10.2. The summed E-state index contributed by atoms with van der Waals surface area (Å²) in [5.41, 5.74) is 16.2. The van der Waals surface area contributed by atoms with Gasteiger partial charge in [0.25, 0.3) is 5.91 Å². The Kier molecular flexibility index (Phi) is 5.86. The van der Waals surface area contributed by atoms with Crippen LogP contribution in [-0.2, 0) is 17.9 Å². The number of rotatable bonds is 8. The predicted octanol–water partition coefficient (Wildman–Crippen LogP) is 3.54. The monoisotopic (exact) mass is 567 g/mol. The molecule has 10 nitrogen and oxygen atoms in total. The van der Waals surface area contributed by atoms with Gasteiger partial charge in [-0.05, 0) is 86.6 Å². The van der Waals surface area contributed by atoms with Gasteiger partial charge in [-0.2, -0.15) is 0 Å². The Morgan fingerprint density at radius 1 is 1.05 bits per heavy atom. The van der Waals surface area contributed by atoms with E-state index in [0.29, 0.717) is 42.2 Å². The van der Waals surface area contributed by atoms with E-state index >= 15 is 0 Å². The Hall–Kier alpha value is -3.92. The van der Waals surface area contributed by atoms with Crippen LogP contribution in [0.15, 0.2) is 36.5 Å². The first kappa shape index (κ1) is 25.8. The molecule has 4 fully saturated rings. The molecule has 1 aliphatic heterocycles. The first-order valence-electron chi connectivity index (χ1n) is 15.3. The molecule has 3 aliphatic carbocycles. The van der Waals surface area contributed by atoms with Crippen molar-refractivity contribution < 1.29 is 14.3 Å². The minimum absolute atomic E-state index is 0.00992. The molecule has 4 aromatic rings. The second kappa shape index (κ2) is 9.55. The number of imidazole rings is 1. The van der Waals surface area contributed by atoms with E-state index in [1.807, 2.05) is 29.3 Å². The van der Waals surface area contributed by atoms with Gasteiger partial charge in [-0.25, -0.2) is 9.97 Å². The summed E-state index contributed by atoms with van der Waals surface area (Å²) in [5.74, 6) is 2.45. The number of hydrogen-bond acceptors (Lipinski definition) is 6. The molecule has 3 aromatic heterocycles. The summed E-state index contributed by atoms with van der Waals surface area (Å²) in [7, 11) is 1.65. The maximum absolute atomic E-state index is 13.8. The third kappa shape index (κ3) is 4.02. The zero-order chi connectivity index (χ0) is 28.7. The van der Waals surface area contributed by atoms with Gasteiger partial charge in [0.2, 0.25) is 5.91 Å². The van der Waals surface area contributed by atoms with Crippen molar-refractivity contribution in [2.24, 2.45) is 35.1 Å². The number of likely N-dealkylation sites (tertiary alicyclic amines) is 1. The van der Waals surface area contributed by atoms with Crippen LogP contribution in [0, 0.1) is 23.7 Å². The number of nitrogens with zero attached hydrogens (tertiary/aromatic N) is 5. The van der Waals surface area contributed by atoms with Crippen LogP contribution in [0.5, 0.6) is 5.75 Å². The average Bonchev–Trinajstić information content (AvgIpc) is 3.32. The molecule has 1 saturated heterocycles. The van der Waals surface area contributed by atoms with Crippen molar-refractivity contribution in [2.75, 3.05) is 13.7 Å². The maximum Gasteiger partial charge on any atom is 0.254 e. The Morgan fingerprint density at radius 2 is 1.86 bits per heavy atom. The fraction of sp³-hybridized carbons (Fsp3) is 0.500. The SMILES string of the molecule is COc1cc(C(=O)N2CC3CCC2[C@@H]3N)cc2nc(-c3cc4cccnc4n3CC3CC3)n(CC3CC(C(N)=O)C3)c12. The van der Waals surface area contributed by atoms with Gasteiger partial charge in [0.15, 0.2) is 5.82 Å². The zero-order valence-corrected chi connectivity index (χ0v) is 23.9. The molecule has 3 atom stereocenters. The number of pyridine rings is 1. The maximum atomic E-state index is 13.8. The summed E-state index contributed by atoms with van der Waals surface area (Å²) in [6.07, 6.45) is 7.86. The highest BCUT2D eigenvalue weighted by Gasteiger charge is 2.47. The average molecular weight is 568 g/mol. The molecular weight excluding hydrogens is 530 g/mol. The molecule has 0 radical (unpaired) electrons. The Morgan fingerprint density at radius 3 is 2.55 bits per heavy atom. The third-order valence-corrected chi connectivity index (χ3v) is 10.3. The fourth-order valence-corrected chi connectivity index (χ4v) is 7.72. The molecule has 8 rings (SSSR count). The van der Waals surface area contributed by atoms with E-state index in [1.54, 1.807) is 7.11 Å². The molecule has 0 spiro atoms. The number of fused-ring (bicyclic) bond motifs is 4. The predicted molar refractivity (Wildman–Crippen MR) is 159 cm³/mol. The molecule has 4 N–H and O–H groups in total. The minimum atomic E-state index is -0.228. The number of aromatic nitrogens is 4. The first-order chi connectivity index (χ1) is 20.4. The number of benzene rings is 1. The Labute approximate surface area is 244 Å². The highest BCUT2D eigenvalue weighted by molar-refractivity contribution is 6.00. The van der Waals surface area contributed by atoms with E-state index in [0.717, 1.165) is 65.8 Å².